The second-order valence-electron chi connectivity index (χ2n) is 5.78. The second-order valence-corrected chi connectivity index (χ2v) is 5.78. The van der Waals surface area contributed by atoms with Crippen LogP contribution in [0.3, 0.4) is 0 Å². The normalized spacial score (nSPS) is 12.2. The van der Waals surface area contributed by atoms with Crippen LogP contribution in [-0.4, -0.2) is 19.6 Å². The zero-order valence-electron chi connectivity index (χ0n) is 14.3. The number of hydrogen-bond acceptors (Lipinski definition) is 3. The molecule has 1 atom stereocenters. The molecule has 0 saturated heterocycles. The number of rotatable bonds is 6. The summed E-state index contributed by atoms with van der Waals surface area (Å²) >= 11 is 0. The van der Waals surface area contributed by atoms with Crippen LogP contribution in [0.15, 0.2) is 52.9 Å². The molecule has 3 aromatic rings. The van der Waals surface area contributed by atoms with Gasteiger partial charge in [-0.25, -0.2) is 18.0 Å². The summed E-state index contributed by atoms with van der Waals surface area (Å²) in [5, 5.41) is 5.48. The van der Waals surface area contributed by atoms with Crippen molar-refractivity contribution in [2.75, 3.05) is 7.11 Å². The number of para-hydroxylation sites is 1. The molecule has 142 valence electrons. The number of benzene rings is 2. The van der Waals surface area contributed by atoms with Crippen molar-refractivity contribution < 1.29 is 27.1 Å². The Morgan fingerprint density at radius 3 is 2.63 bits per heavy atom. The zero-order chi connectivity index (χ0) is 19.4. The molecule has 8 heteroatoms. The van der Waals surface area contributed by atoms with Crippen LogP contribution < -0.4 is 15.4 Å². The first kappa shape index (κ1) is 18.6. The Bertz CT molecular complexity index is 910. The molecule has 1 aromatic heterocycles. The van der Waals surface area contributed by atoms with Crippen LogP contribution in [0.1, 0.15) is 17.4 Å². The number of fused-ring (bicyclic) bond motifs is 1. The Morgan fingerprint density at radius 1 is 1.19 bits per heavy atom. The topological polar surface area (TPSA) is 63.5 Å². The summed E-state index contributed by atoms with van der Waals surface area (Å²) < 4.78 is 50.8. The van der Waals surface area contributed by atoms with E-state index >= 15 is 0 Å². The fraction of sp³-hybridized carbons (Fsp3) is 0.211. The largest absolute Gasteiger partial charge is 0.494 e. The van der Waals surface area contributed by atoms with E-state index in [0.717, 1.165) is 11.5 Å². The van der Waals surface area contributed by atoms with Crippen LogP contribution in [0.4, 0.5) is 18.0 Å². The van der Waals surface area contributed by atoms with Crippen LogP contribution in [-0.2, 0) is 6.54 Å². The predicted molar refractivity (Wildman–Crippen MR) is 93.3 cm³/mol. The van der Waals surface area contributed by atoms with E-state index in [4.69, 9.17) is 9.15 Å². The highest BCUT2D eigenvalue weighted by Crippen LogP contribution is 2.25. The van der Waals surface area contributed by atoms with Gasteiger partial charge in [0.2, 0.25) is 0 Å². The van der Waals surface area contributed by atoms with Gasteiger partial charge in [0.1, 0.15) is 17.4 Å². The van der Waals surface area contributed by atoms with Crippen molar-refractivity contribution in [1.82, 2.24) is 10.6 Å². The lowest BCUT2D eigenvalue weighted by molar-refractivity contribution is 0.101. The van der Waals surface area contributed by atoms with E-state index in [0.29, 0.717) is 11.3 Å². The van der Waals surface area contributed by atoms with E-state index in [2.05, 4.69) is 10.6 Å². The van der Waals surface area contributed by atoms with E-state index in [9.17, 15) is 18.0 Å². The number of hydrogen-bond donors (Lipinski definition) is 2. The molecule has 2 N–H and O–H groups in total. The van der Waals surface area contributed by atoms with Crippen LogP contribution in [0, 0.1) is 5.82 Å². The number of methoxy groups -OCH3 is 1. The van der Waals surface area contributed by atoms with Gasteiger partial charge in [0.05, 0.1) is 13.7 Å². The van der Waals surface area contributed by atoms with Crippen LogP contribution in [0.2, 0.25) is 0 Å². The first-order valence-electron chi connectivity index (χ1n) is 8.11. The first-order chi connectivity index (χ1) is 13.0. The molecule has 5 nitrogen and oxygen atoms in total. The van der Waals surface area contributed by atoms with E-state index in [1.807, 2.05) is 18.2 Å². The highest BCUT2D eigenvalue weighted by atomic mass is 19.3. The number of alkyl halides is 2. The van der Waals surface area contributed by atoms with Gasteiger partial charge in [-0.2, -0.15) is 0 Å². The Kier molecular flexibility index (Phi) is 5.54. The number of urea groups is 1. The molecule has 0 bridgehead atoms. The number of ether oxygens (including phenoxy) is 1. The third-order valence-corrected chi connectivity index (χ3v) is 3.97. The molecule has 0 fully saturated rings. The molecule has 0 saturated carbocycles. The van der Waals surface area contributed by atoms with Crippen molar-refractivity contribution in [3.05, 3.63) is 65.7 Å². The molecule has 1 heterocycles. The lowest BCUT2D eigenvalue weighted by Crippen LogP contribution is -2.40. The van der Waals surface area contributed by atoms with Crippen molar-refractivity contribution in [3.63, 3.8) is 0 Å². The summed E-state index contributed by atoms with van der Waals surface area (Å²) in [6.07, 6.45) is -2.92. The molecule has 0 aliphatic carbocycles. The summed E-state index contributed by atoms with van der Waals surface area (Å²) in [7, 11) is 1.27. The van der Waals surface area contributed by atoms with Crippen molar-refractivity contribution >= 4 is 17.0 Å². The minimum absolute atomic E-state index is 0.0213. The molecular weight excluding hydrogens is 361 g/mol. The maximum atomic E-state index is 13.8. The standard InChI is InChI=1S/C19H17F3N2O3/c1-26-16-7-6-12(9-14(16)20)17(18(21)22)24-19(25)23-10-13-8-11-4-2-3-5-15(11)27-13/h2-9,17-18H,10H2,1H3,(H2,23,24,25)/t17-/m1/s1. The molecule has 0 radical (unpaired) electrons. The Hall–Kier alpha value is -3.16. The molecule has 3 rings (SSSR count). The number of amides is 2. The van der Waals surface area contributed by atoms with Crippen molar-refractivity contribution in [1.29, 1.82) is 0 Å². The van der Waals surface area contributed by atoms with Gasteiger partial charge in [0, 0.05) is 5.39 Å². The van der Waals surface area contributed by atoms with Crippen molar-refractivity contribution in [3.8, 4) is 5.75 Å². The molecule has 0 aliphatic heterocycles. The van der Waals surface area contributed by atoms with Crippen LogP contribution in [0.5, 0.6) is 5.75 Å². The van der Waals surface area contributed by atoms with Gasteiger partial charge in [-0.1, -0.05) is 24.3 Å². The monoisotopic (exact) mass is 378 g/mol. The molecule has 2 amide bonds. The number of carbonyl (C=O) groups excluding carboxylic acids is 1. The molecule has 2 aromatic carbocycles. The van der Waals surface area contributed by atoms with E-state index < -0.39 is 24.3 Å². The summed E-state index contributed by atoms with van der Waals surface area (Å²) in [5.41, 5.74) is 0.594. The third kappa shape index (κ3) is 4.33. The summed E-state index contributed by atoms with van der Waals surface area (Å²) in [6.45, 7) is 0.0213. The van der Waals surface area contributed by atoms with Gasteiger partial charge in [0.25, 0.3) is 6.43 Å². The zero-order valence-corrected chi connectivity index (χ0v) is 14.3. The van der Waals surface area contributed by atoms with Crippen LogP contribution >= 0.6 is 0 Å². The first-order valence-corrected chi connectivity index (χ1v) is 8.11. The number of furan rings is 1. The van der Waals surface area contributed by atoms with Crippen LogP contribution in [0.25, 0.3) is 11.0 Å². The minimum Gasteiger partial charge on any atom is -0.494 e. The van der Waals surface area contributed by atoms with E-state index in [1.165, 1.54) is 19.2 Å². The predicted octanol–water partition coefficient (Wildman–Crippen LogP) is 4.39. The molecular formula is C19H17F3N2O3. The highest BCUT2D eigenvalue weighted by molar-refractivity contribution is 5.78. The van der Waals surface area contributed by atoms with Gasteiger partial charge in [0.15, 0.2) is 11.6 Å². The SMILES string of the molecule is COc1ccc([C@@H](NC(=O)NCc2cc3ccccc3o2)C(F)F)cc1F. The Labute approximate surface area is 153 Å². The lowest BCUT2D eigenvalue weighted by atomic mass is 10.1. The summed E-state index contributed by atoms with van der Waals surface area (Å²) in [4.78, 5) is 12.0. The Morgan fingerprint density at radius 2 is 1.96 bits per heavy atom. The fourth-order valence-electron chi connectivity index (χ4n) is 2.65. The van der Waals surface area contributed by atoms with Gasteiger partial charge in [-0.05, 0) is 29.8 Å². The fourth-order valence-corrected chi connectivity index (χ4v) is 2.65. The van der Waals surface area contributed by atoms with Gasteiger partial charge in [-0.3, -0.25) is 0 Å². The van der Waals surface area contributed by atoms with Gasteiger partial charge >= 0.3 is 6.03 Å². The maximum absolute atomic E-state index is 13.8. The molecule has 0 unspecified atom stereocenters. The highest BCUT2D eigenvalue weighted by Gasteiger charge is 2.25. The average molecular weight is 378 g/mol. The van der Waals surface area contributed by atoms with Crippen molar-refractivity contribution in [2.45, 2.75) is 19.0 Å². The van der Waals surface area contributed by atoms with Gasteiger partial charge < -0.3 is 19.8 Å². The van der Waals surface area contributed by atoms with E-state index in [-0.39, 0.29) is 17.9 Å². The minimum atomic E-state index is -2.92. The third-order valence-electron chi connectivity index (χ3n) is 3.97. The quantitative estimate of drug-likeness (QED) is 0.669. The van der Waals surface area contributed by atoms with Crippen molar-refractivity contribution in [2.24, 2.45) is 0 Å². The lowest BCUT2D eigenvalue weighted by Gasteiger charge is -2.19. The molecule has 0 spiro atoms. The average Bonchev–Trinajstić information content (AvgIpc) is 3.07. The summed E-state index contributed by atoms with van der Waals surface area (Å²) in [6, 6.07) is 9.98. The molecule has 27 heavy (non-hydrogen) atoms. The maximum Gasteiger partial charge on any atom is 0.315 e. The number of nitrogens with one attached hydrogen (secondary N) is 2. The Balaban J connectivity index is 1.65. The molecule has 0 aliphatic rings. The van der Waals surface area contributed by atoms with E-state index in [1.54, 1.807) is 12.1 Å². The van der Waals surface area contributed by atoms with Gasteiger partial charge in [-0.15, -0.1) is 0 Å². The number of halogens is 3. The number of carbonyl (C=O) groups is 1. The smallest absolute Gasteiger partial charge is 0.315 e. The second kappa shape index (κ2) is 8.03. The summed E-state index contributed by atoms with van der Waals surface area (Å²) in [5.74, 6) is -0.373.